The quantitative estimate of drug-likeness (QED) is 0.294. The van der Waals surface area contributed by atoms with Crippen molar-refractivity contribution < 1.29 is 5.11 Å². The van der Waals surface area contributed by atoms with E-state index < -0.39 is 0 Å². The maximum absolute atomic E-state index is 11.8. The van der Waals surface area contributed by atoms with Gasteiger partial charge < -0.3 is 5.11 Å². The molecule has 3 heteroatoms. The van der Waals surface area contributed by atoms with Crippen molar-refractivity contribution in [2.75, 3.05) is 0 Å². The number of aromatic hydroxyl groups is 1. The summed E-state index contributed by atoms with van der Waals surface area (Å²) in [5.74, 6) is 0.500. The number of benzene rings is 3. The van der Waals surface area contributed by atoms with E-state index in [2.05, 4.69) is 123 Å². The van der Waals surface area contributed by atoms with Crippen LogP contribution in [0.25, 0.3) is 0 Å². The second-order valence-corrected chi connectivity index (χ2v) is 15.6. The Balaban J connectivity index is 2.12. The monoisotopic (exact) mass is 520 g/mol. The minimum absolute atomic E-state index is 0.0172. The van der Waals surface area contributed by atoms with E-state index >= 15 is 0 Å². The Bertz CT molecular complexity index is 1170. The summed E-state index contributed by atoms with van der Waals surface area (Å²) in [5, 5.41) is 14.5. The van der Waals surface area contributed by atoms with Crippen molar-refractivity contribution >= 4 is 27.8 Å². The fourth-order valence-corrected chi connectivity index (χ4v) is 8.07. The van der Waals surface area contributed by atoms with E-state index in [4.69, 9.17) is 0 Å². The Morgan fingerprint density at radius 2 is 1.42 bits per heavy atom. The molecule has 36 heavy (non-hydrogen) atoms. The normalized spacial score (nSPS) is 14.7. The van der Waals surface area contributed by atoms with Crippen LogP contribution in [0.15, 0.2) is 60.7 Å². The fourth-order valence-electron chi connectivity index (χ4n) is 4.91. The lowest BCUT2D eigenvalue weighted by molar-refractivity contribution is 0.426. The van der Waals surface area contributed by atoms with Gasteiger partial charge in [0.25, 0.3) is 0 Å². The Morgan fingerprint density at radius 1 is 0.778 bits per heavy atom. The molecule has 0 aliphatic heterocycles. The van der Waals surface area contributed by atoms with Crippen molar-refractivity contribution in [3.63, 3.8) is 0 Å². The standard InChI is InChI=1S/C33H46OP2/c1-10-19-33(9,28-21-25(31(3,4)5)20-27(29(28)34)32(6,7)8)36-30-23(2)15-14-16-24(30)22-35-26-17-12-11-13-18-26/h11-18,20-21,34-36H,10,19,22H2,1-9H3. The highest BCUT2D eigenvalue weighted by molar-refractivity contribution is 7.49. The Hall–Kier alpha value is -1.68. The van der Waals surface area contributed by atoms with Crippen LogP contribution in [0.2, 0.25) is 0 Å². The van der Waals surface area contributed by atoms with Gasteiger partial charge in [-0.1, -0.05) is 140 Å². The SMILES string of the molecule is CCCC(C)(Pc1c(C)cccc1CPc1ccccc1)c1cc(C(C)(C)C)cc(C(C)(C)C)c1O. The second kappa shape index (κ2) is 11.4. The van der Waals surface area contributed by atoms with Crippen molar-refractivity contribution in [2.24, 2.45) is 0 Å². The Morgan fingerprint density at radius 3 is 2.00 bits per heavy atom. The van der Waals surface area contributed by atoms with Crippen molar-refractivity contribution in [3.05, 3.63) is 88.5 Å². The molecule has 0 aliphatic rings. The second-order valence-electron chi connectivity index (χ2n) is 12.5. The molecular formula is C33H46OP2. The third-order valence-corrected chi connectivity index (χ3v) is 10.5. The van der Waals surface area contributed by atoms with Crippen LogP contribution in [-0.4, -0.2) is 5.11 Å². The molecule has 3 aromatic rings. The molecule has 0 fully saturated rings. The number of hydrogen-bond donors (Lipinski definition) is 1. The van der Waals surface area contributed by atoms with E-state index in [9.17, 15) is 5.11 Å². The van der Waals surface area contributed by atoms with Gasteiger partial charge in [0.2, 0.25) is 0 Å². The molecule has 0 aliphatic carbocycles. The van der Waals surface area contributed by atoms with Gasteiger partial charge in [0.05, 0.1) is 0 Å². The molecule has 0 heterocycles. The van der Waals surface area contributed by atoms with Crippen LogP contribution in [0.1, 0.15) is 96.0 Å². The van der Waals surface area contributed by atoms with Crippen LogP contribution in [0, 0.1) is 6.92 Å². The molecule has 194 valence electrons. The predicted molar refractivity (Wildman–Crippen MR) is 165 cm³/mol. The predicted octanol–water partition coefficient (Wildman–Crippen LogP) is 8.82. The Labute approximate surface area is 224 Å². The highest BCUT2D eigenvalue weighted by Crippen LogP contribution is 2.52. The van der Waals surface area contributed by atoms with E-state index in [1.807, 2.05) is 0 Å². The number of hydrogen-bond acceptors (Lipinski definition) is 1. The van der Waals surface area contributed by atoms with Gasteiger partial charge in [-0.25, -0.2) is 0 Å². The highest BCUT2D eigenvalue weighted by Gasteiger charge is 2.35. The van der Waals surface area contributed by atoms with Crippen LogP contribution in [0.5, 0.6) is 5.75 Å². The van der Waals surface area contributed by atoms with E-state index in [-0.39, 0.29) is 16.0 Å². The van der Waals surface area contributed by atoms with Crippen LogP contribution in [-0.2, 0) is 22.1 Å². The third kappa shape index (κ3) is 6.79. The first-order valence-corrected chi connectivity index (χ1v) is 15.5. The lowest BCUT2D eigenvalue weighted by Gasteiger charge is -2.36. The van der Waals surface area contributed by atoms with Gasteiger partial charge in [0, 0.05) is 10.7 Å². The topological polar surface area (TPSA) is 20.2 Å². The van der Waals surface area contributed by atoms with Gasteiger partial charge in [-0.2, -0.15) is 0 Å². The average molecular weight is 521 g/mol. The molecule has 0 aromatic heterocycles. The molecule has 1 N–H and O–H groups in total. The van der Waals surface area contributed by atoms with Crippen molar-refractivity contribution in [2.45, 2.75) is 97.3 Å². The first-order valence-electron chi connectivity index (χ1n) is 13.3. The zero-order chi connectivity index (χ0) is 26.7. The smallest absolute Gasteiger partial charge is 0.123 e. The van der Waals surface area contributed by atoms with E-state index in [0.29, 0.717) is 14.3 Å². The summed E-state index contributed by atoms with van der Waals surface area (Å²) >= 11 is 0. The number of phenolic OH excluding ortho intramolecular Hbond substituents is 1. The van der Waals surface area contributed by atoms with E-state index in [1.165, 1.54) is 27.3 Å². The van der Waals surface area contributed by atoms with Crippen molar-refractivity contribution in [1.82, 2.24) is 0 Å². The molecule has 0 amide bonds. The van der Waals surface area contributed by atoms with Crippen LogP contribution in [0.4, 0.5) is 0 Å². The fraction of sp³-hybridized carbons (Fsp3) is 0.455. The lowest BCUT2D eigenvalue weighted by Crippen LogP contribution is -2.25. The molecule has 0 spiro atoms. The number of aryl methyl sites for hydroxylation is 1. The zero-order valence-corrected chi connectivity index (χ0v) is 25.8. The van der Waals surface area contributed by atoms with Gasteiger partial charge in [-0.15, -0.1) is 0 Å². The summed E-state index contributed by atoms with van der Waals surface area (Å²) in [4.78, 5) is 0. The third-order valence-electron chi connectivity index (χ3n) is 7.15. The molecule has 0 radical (unpaired) electrons. The summed E-state index contributed by atoms with van der Waals surface area (Å²) in [6.45, 7) is 20.4. The van der Waals surface area contributed by atoms with Gasteiger partial charge in [-0.05, 0) is 63.2 Å². The lowest BCUT2D eigenvalue weighted by atomic mass is 9.77. The van der Waals surface area contributed by atoms with Crippen LogP contribution >= 0.6 is 17.2 Å². The Kier molecular flexibility index (Phi) is 9.13. The van der Waals surface area contributed by atoms with Gasteiger partial charge in [0.1, 0.15) is 5.75 Å². The number of phenols is 1. The molecule has 0 bridgehead atoms. The molecule has 3 unspecified atom stereocenters. The highest BCUT2D eigenvalue weighted by atomic mass is 31.1. The van der Waals surface area contributed by atoms with Gasteiger partial charge in [0.15, 0.2) is 0 Å². The minimum atomic E-state index is -0.128. The summed E-state index contributed by atoms with van der Waals surface area (Å²) in [7, 11) is 1.36. The molecule has 1 nitrogen and oxygen atoms in total. The summed E-state index contributed by atoms with van der Waals surface area (Å²) in [5.41, 5.74) is 6.22. The van der Waals surface area contributed by atoms with Crippen LogP contribution in [0.3, 0.4) is 0 Å². The zero-order valence-electron chi connectivity index (χ0n) is 23.8. The summed E-state index contributed by atoms with van der Waals surface area (Å²) in [6.07, 6.45) is 3.20. The van der Waals surface area contributed by atoms with Crippen molar-refractivity contribution in [1.29, 1.82) is 0 Å². The molecule has 0 saturated heterocycles. The molecule has 3 atom stereocenters. The first kappa shape index (κ1) is 28.9. The molecule has 3 aromatic carbocycles. The first-order chi connectivity index (χ1) is 16.8. The van der Waals surface area contributed by atoms with Gasteiger partial charge in [-0.3, -0.25) is 0 Å². The van der Waals surface area contributed by atoms with E-state index in [1.54, 1.807) is 0 Å². The maximum atomic E-state index is 11.8. The summed E-state index contributed by atoms with van der Waals surface area (Å²) in [6, 6.07) is 22.2. The maximum Gasteiger partial charge on any atom is 0.123 e. The average Bonchev–Trinajstić information content (AvgIpc) is 2.79. The molecule has 0 saturated carbocycles. The van der Waals surface area contributed by atoms with Gasteiger partial charge >= 0.3 is 0 Å². The molecule has 3 rings (SSSR count). The van der Waals surface area contributed by atoms with E-state index in [0.717, 1.165) is 38.7 Å². The minimum Gasteiger partial charge on any atom is -0.507 e. The number of rotatable bonds is 8. The van der Waals surface area contributed by atoms with Crippen LogP contribution < -0.4 is 10.6 Å². The largest absolute Gasteiger partial charge is 0.507 e. The summed E-state index contributed by atoms with van der Waals surface area (Å²) < 4.78 is 0. The van der Waals surface area contributed by atoms with Crippen molar-refractivity contribution in [3.8, 4) is 5.75 Å². The molecular weight excluding hydrogens is 474 g/mol.